The maximum Gasteiger partial charge on any atom is 1.00 e. The van der Waals surface area contributed by atoms with Crippen molar-refractivity contribution in [1.82, 2.24) is 19.9 Å². The summed E-state index contributed by atoms with van der Waals surface area (Å²) < 4.78 is 47.0. The Bertz CT molecular complexity index is 1540. The van der Waals surface area contributed by atoms with Gasteiger partial charge in [0, 0.05) is 29.6 Å². The van der Waals surface area contributed by atoms with Gasteiger partial charge < -0.3 is 14.9 Å². The Morgan fingerprint density at radius 1 is 0.889 bits per heavy atom. The van der Waals surface area contributed by atoms with Gasteiger partial charge in [-0.25, -0.2) is 23.7 Å². The molecule has 2 aromatic carbocycles. The van der Waals surface area contributed by atoms with Crippen LogP contribution in [-0.4, -0.2) is 37.8 Å². The second-order valence-corrected chi connectivity index (χ2v) is 9.77. The van der Waals surface area contributed by atoms with E-state index < -0.39 is 24.4 Å². The van der Waals surface area contributed by atoms with E-state index in [-0.39, 0.29) is 97.7 Å². The van der Waals surface area contributed by atoms with Crippen LogP contribution in [0.4, 0.5) is 13.2 Å². The van der Waals surface area contributed by atoms with Crippen LogP contribution >= 0.6 is 34.8 Å². The van der Waals surface area contributed by atoms with E-state index in [0.29, 0.717) is 10.7 Å². The summed E-state index contributed by atoms with van der Waals surface area (Å²) in [6.45, 7) is 4.56. The van der Waals surface area contributed by atoms with E-state index in [1.54, 1.807) is 32.9 Å². The van der Waals surface area contributed by atoms with Crippen molar-refractivity contribution in [3.05, 3.63) is 111 Å². The van der Waals surface area contributed by atoms with Gasteiger partial charge in [0.05, 0.1) is 38.4 Å². The fraction of sp³-hybridized carbons (Fsp3) is 0.241. The molecule has 4 rings (SSSR count). The Morgan fingerprint density at radius 3 is 1.69 bits per heavy atom. The van der Waals surface area contributed by atoms with Gasteiger partial charge in [-0.3, -0.25) is 4.39 Å². The number of alkyl halides is 1. The zero-order valence-corrected chi connectivity index (χ0v) is 30.0. The average molecular weight is 711 g/mol. The predicted molar refractivity (Wildman–Crippen MR) is 158 cm³/mol. The minimum atomic E-state index is -1.00. The summed E-state index contributed by atoms with van der Waals surface area (Å²) in [6.07, 6.45) is 2.94. The number of rotatable bonds is 4. The Labute approximate surface area is 318 Å². The molecule has 4 aromatic rings. The molecular formula is C29H27Cl3F3KN6O3. The monoisotopic (exact) mass is 709 g/mol. The summed E-state index contributed by atoms with van der Waals surface area (Å²) in [6, 6.07) is 14.9. The molecule has 0 radical (unpaired) electrons. The molecule has 0 bridgehead atoms. The van der Waals surface area contributed by atoms with Gasteiger partial charge in [-0.2, -0.15) is 15.5 Å². The molecule has 1 N–H and O–H groups in total. The second-order valence-electron chi connectivity index (χ2n) is 8.71. The first kappa shape index (κ1) is 42.6. The number of aliphatic hydroxyl groups excluding tert-OH is 1. The van der Waals surface area contributed by atoms with Crippen molar-refractivity contribution in [1.29, 1.82) is 10.5 Å². The van der Waals surface area contributed by atoms with Gasteiger partial charge in [0.1, 0.15) is 23.4 Å². The van der Waals surface area contributed by atoms with E-state index in [9.17, 15) is 18.3 Å². The zero-order valence-electron chi connectivity index (χ0n) is 25.6. The van der Waals surface area contributed by atoms with E-state index >= 15 is 0 Å². The molecule has 0 amide bonds. The van der Waals surface area contributed by atoms with Crippen LogP contribution in [0.3, 0.4) is 0 Å². The molecule has 0 aliphatic heterocycles. The van der Waals surface area contributed by atoms with Crippen LogP contribution in [0.1, 0.15) is 44.4 Å². The molecular weight excluding hydrogens is 683 g/mol. The number of aliphatic hydroxyl groups is 1. The minimum Gasteiger partial charge on any atom is -0.850 e. The summed E-state index contributed by atoms with van der Waals surface area (Å²) in [5.74, 6) is -0.764. The van der Waals surface area contributed by atoms with Crippen molar-refractivity contribution in [2.75, 3.05) is 7.15 Å². The van der Waals surface area contributed by atoms with Crippen LogP contribution in [0.2, 0.25) is 15.7 Å². The molecule has 0 aliphatic rings. The fourth-order valence-electron chi connectivity index (χ4n) is 2.35. The van der Waals surface area contributed by atoms with E-state index in [0.717, 1.165) is 12.1 Å². The third kappa shape index (κ3) is 21.9. The molecule has 234 valence electrons. The molecule has 0 spiro atoms. The van der Waals surface area contributed by atoms with Gasteiger partial charge in [0.2, 0.25) is 16.4 Å². The Hall–Kier alpha value is -2.40. The van der Waals surface area contributed by atoms with Crippen molar-refractivity contribution < 1.29 is 80.9 Å². The molecule has 0 atom stereocenters. The van der Waals surface area contributed by atoms with Gasteiger partial charge >= 0.3 is 51.4 Å². The van der Waals surface area contributed by atoms with Crippen molar-refractivity contribution in [2.24, 2.45) is 0 Å². The zero-order chi connectivity index (χ0) is 34.4. The van der Waals surface area contributed by atoms with Gasteiger partial charge in [0.25, 0.3) is 0 Å². The first-order chi connectivity index (χ1) is 21.2. The van der Waals surface area contributed by atoms with Gasteiger partial charge in [0.15, 0.2) is 0 Å². The first-order valence-corrected chi connectivity index (χ1v) is 13.1. The first-order valence-electron chi connectivity index (χ1n) is 12.7. The quantitative estimate of drug-likeness (QED) is 0.191. The number of nitrogens with zero attached hydrogens (tertiary/aromatic N) is 6. The molecule has 0 saturated carbocycles. The molecule has 0 fully saturated rings. The molecule has 2 heterocycles. The number of aromatic nitrogens is 4. The normalized spacial score (nSPS) is 9.58. The number of nitriles is 2. The van der Waals surface area contributed by atoms with Crippen molar-refractivity contribution in [2.45, 2.75) is 39.6 Å². The molecule has 2 aromatic heterocycles. The van der Waals surface area contributed by atoms with Crippen molar-refractivity contribution in [3.63, 3.8) is 0 Å². The summed E-state index contributed by atoms with van der Waals surface area (Å²) in [7, 11) is -1.00. The SMILES string of the molecule is CC(C)(C)[O-].Clc1ccnc(Cl)n1.N#Cc1ccc(CO)c(F)c1.N#Cc1ccc(COc2ccnc(Cl)n2)c(F)c1.[2H]CF.[K+]. The minimum absolute atomic E-state index is 0. The van der Waals surface area contributed by atoms with Gasteiger partial charge in [-0.05, 0) is 53.5 Å². The smallest absolute Gasteiger partial charge is 0.850 e. The number of ether oxygens (including phenoxy) is 1. The van der Waals surface area contributed by atoms with Crippen molar-refractivity contribution in [3.8, 4) is 18.0 Å². The summed E-state index contributed by atoms with van der Waals surface area (Å²) >= 11 is 16.3. The van der Waals surface area contributed by atoms with Gasteiger partial charge in [-0.15, -0.1) is 5.60 Å². The maximum absolute atomic E-state index is 13.5. The van der Waals surface area contributed by atoms with Crippen LogP contribution < -0.4 is 61.2 Å². The molecule has 0 saturated heterocycles. The maximum atomic E-state index is 13.5. The standard InChI is InChI=1S/C12H7ClFN3O.C8H6FNO.C4H2Cl2N2.C4H9O.CH3F.K/c13-12-16-4-3-11(17-12)18-7-9-2-1-8(6-15)5-10(9)14;9-8-3-6(4-10)1-2-7(8)5-11;5-3-1-2-7-4(6)8-3;1-4(2,3)5;1-2;/h1-5H,7H2;1-3,11H,5H2;1-2H;1-3H3;1H3;/q;;;-1;;+1/i;;;;1D;. The molecule has 9 nitrogen and oxygen atoms in total. The Balaban J connectivity index is 0. The summed E-state index contributed by atoms with van der Waals surface area (Å²) in [5, 5.41) is 36.2. The van der Waals surface area contributed by atoms with Crippen LogP contribution in [-0.2, 0) is 13.2 Å². The number of benzene rings is 2. The topological polar surface area (TPSA) is 152 Å². The second kappa shape index (κ2) is 24.8. The molecule has 16 heteroatoms. The fourth-order valence-corrected chi connectivity index (χ4v) is 2.81. The Morgan fingerprint density at radius 2 is 1.33 bits per heavy atom. The third-order valence-corrected chi connectivity index (χ3v) is 4.68. The number of halogens is 6. The van der Waals surface area contributed by atoms with Crippen LogP contribution in [0.15, 0.2) is 60.9 Å². The predicted octanol–water partition coefficient (Wildman–Crippen LogP) is 3.43. The van der Waals surface area contributed by atoms with Crippen LogP contribution in [0.25, 0.3) is 0 Å². The summed E-state index contributed by atoms with van der Waals surface area (Å²) in [4.78, 5) is 14.7. The number of hydrogen-bond acceptors (Lipinski definition) is 9. The Kier molecular flexibility index (Phi) is 23.5. The van der Waals surface area contributed by atoms with Crippen LogP contribution in [0.5, 0.6) is 5.88 Å². The third-order valence-electron chi connectivity index (χ3n) is 4.10. The van der Waals surface area contributed by atoms with Gasteiger partial charge in [-0.1, -0.05) is 44.5 Å². The van der Waals surface area contributed by atoms with E-state index in [1.807, 2.05) is 6.07 Å². The van der Waals surface area contributed by atoms with Crippen molar-refractivity contribution >= 4 is 34.8 Å². The van der Waals surface area contributed by atoms with Crippen LogP contribution in [0, 0.1) is 34.3 Å². The average Bonchev–Trinajstić information content (AvgIpc) is 2.96. The number of hydrogen-bond donors (Lipinski definition) is 1. The molecule has 0 unspecified atom stereocenters. The summed E-state index contributed by atoms with van der Waals surface area (Å²) in [5.41, 5.74) is 0.328. The molecule has 0 aliphatic carbocycles. The van der Waals surface area contributed by atoms with E-state index in [1.165, 1.54) is 42.7 Å². The van der Waals surface area contributed by atoms with E-state index in [4.69, 9.17) is 56.5 Å². The largest absolute Gasteiger partial charge is 1.00 e. The van der Waals surface area contributed by atoms with E-state index in [2.05, 4.69) is 19.9 Å². The molecule has 45 heavy (non-hydrogen) atoms.